The largest absolute Gasteiger partial charge is 0.493 e. The van der Waals surface area contributed by atoms with Crippen LogP contribution in [-0.4, -0.2) is 13.2 Å². The molecule has 0 saturated carbocycles. The predicted octanol–water partition coefficient (Wildman–Crippen LogP) is 9.11. The molecule has 0 spiro atoms. The fourth-order valence-corrected chi connectivity index (χ4v) is 4.49. The number of hydrogen-bond acceptors (Lipinski definition) is 6. The molecule has 0 amide bonds. The van der Waals surface area contributed by atoms with Crippen molar-refractivity contribution in [2.45, 2.75) is 53.4 Å². The van der Waals surface area contributed by atoms with Gasteiger partial charge in [0.1, 0.15) is 35.3 Å². The van der Waals surface area contributed by atoms with E-state index in [-0.39, 0.29) is 11.1 Å². The summed E-state index contributed by atoms with van der Waals surface area (Å²) in [6.45, 7) is 10.1. The molecule has 3 rings (SSSR count). The molecular weight excluding hydrogens is 508 g/mol. The van der Waals surface area contributed by atoms with E-state index in [0.717, 1.165) is 54.2 Å². The van der Waals surface area contributed by atoms with E-state index in [9.17, 15) is 15.8 Å². The summed E-state index contributed by atoms with van der Waals surface area (Å²) in [4.78, 5) is 2.10. The predicted molar refractivity (Wildman–Crippen MR) is 164 cm³/mol. The number of anilines is 3. The van der Waals surface area contributed by atoms with Gasteiger partial charge in [-0.15, -0.1) is 0 Å². The Bertz CT molecular complexity index is 1320. The van der Waals surface area contributed by atoms with Gasteiger partial charge in [-0.25, -0.2) is 0 Å². The van der Waals surface area contributed by atoms with Gasteiger partial charge in [0.15, 0.2) is 0 Å². The zero-order chi connectivity index (χ0) is 29.6. The molecule has 0 aliphatic rings. The highest BCUT2D eigenvalue weighted by atomic mass is 16.5. The van der Waals surface area contributed by atoms with E-state index < -0.39 is 0 Å². The van der Waals surface area contributed by atoms with Gasteiger partial charge in [-0.2, -0.15) is 15.8 Å². The van der Waals surface area contributed by atoms with Crippen molar-refractivity contribution in [1.82, 2.24) is 0 Å². The summed E-state index contributed by atoms with van der Waals surface area (Å²) < 4.78 is 12.1. The molecule has 0 atom stereocenters. The summed E-state index contributed by atoms with van der Waals surface area (Å²) in [5, 5.41) is 28.1. The van der Waals surface area contributed by atoms with Crippen LogP contribution < -0.4 is 14.4 Å². The molecule has 6 nitrogen and oxygen atoms in total. The maximum Gasteiger partial charge on any atom is 0.148 e. The summed E-state index contributed by atoms with van der Waals surface area (Å²) in [6, 6.07) is 28.9. The first-order valence-electron chi connectivity index (χ1n) is 14.3. The Morgan fingerprint density at radius 1 is 0.585 bits per heavy atom. The first-order chi connectivity index (χ1) is 20.0. The van der Waals surface area contributed by atoms with Crippen LogP contribution in [0.5, 0.6) is 11.5 Å². The van der Waals surface area contributed by atoms with Gasteiger partial charge in [-0.1, -0.05) is 65.5 Å². The molecule has 0 bridgehead atoms. The van der Waals surface area contributed by atoms with E-state index in [1.165, 1.54) is 0 Å². The van der Waals surface area contributed by atoms with Crippen molar-refractivity contribution < 1.29 is 9.47 Å². The Balaban J connectivity index is 1.95. The zero-order valence-electron chi connectivity index (χ0n) is 24.4. The first kappa shape index (κ1) is 30.8. The SMILES string of the molecule is CCC(CC)COc1ccc(N(c2ccc(OCC(CC)CC)cc2)c2ccc(C(C#N)=C(C#N)C#N)cc2)cc1. The number of nitriles is 3. The minimum Gasteiger partial charge on any atom is -0.493 e. The van der Waals surface area contributed by atoms with Crippen molar-refractivity contribution in [2.24, 2.45) is 11.8 Å². The van der Waals surface area contributed by atoms with Gasteiger partial charge in [-0.3, -0.25) is 0 Å². The second kappa shape index (κ2) is 15.8. The van der Waals surface area contributed by atoms with E-state index in [0.29, 0.717) is 30.6 Å². The lowest BCUT2D eigenvalue weighted by molar-refractivity contribution is 0.240. The lowest BCUT2D eigenvalue weighted by Crippen LogP contribution is -2.12. The van der Waals surface area contributed by atoms with Crippen molar-refractivity contribution in [2.75, 3.05) is 18.1 Å². The fourth-order valence-electron chi connectivity index (χ4n) is 4.49. The number of rotatable bonds is 14. The van der Waals surface area contributed by atoms with Crippen LogP contribution in [0.2, 0.25) is 0 Å². The van der Waals surface area contributed by atoms with Crippen LogP contribution in [0.1, 0.15) is 58.9 Å². The molecule has 0 fully saturated rings. The Hall–Kier alpha value is -4.73. The molecule has 3 aromatic carbocycles. The number of allylic oxidation sites excluding steroid dienone is 2. The number of benzene rings is 3. The average Bonchev–Trinajstić information content (AvgIpc) is 3.02. The van der Waals surface area contributed by atoms with E-state index in [1.54, 1.807) is 12.1 Å². The lowest BCUT2D eigenvalue weighted by Gasteiger charge is -2.26. The first-order valence-corrected chi connectivity index (χ1v) is 14.3. The van der Waals surface area contributed by atoms with Crippen molar-refractivity contribution in [3.63, 3.8) is 0 Å². The maximum absolute atomic E-state index is 9.57. The maximum atomic E-state index is 9.57. The molecule has 41 heavy (non-hydrogen) atoms. The third kappa shape index (κ3) is 8.14. The standard InChI is InChI=1S/C35H38N4O2/c1-5-26(6-2)24-40-33-17-13-31(14-18-33)39(32-15-19-34(20-16-32)41-25-27(7-3)8-4)30-11-9-28(10-12-30)35(23-38)29(21-36)22-37/h9-20,26-27H,5-8,24-25H2,1-4H3. The Kier molecular flexibility index (Phi) is 11.8. The molecule has 3 aromatic rings. The molecule has 0 heterocycles. The van der Waals surface area contributed by atoms with Crippen LogP contribution in [0.25, 0.3) is 5.57 Å². The molecule has 0 unspecified atom stereocenters. The third-order valence-electron chi connectivity index (χ3n) is 7.47. The molecule has 0 N–H and O–H groups in total. The highest BCUT2D eigenvalue weighted by molar-refractivity contribution is 5.85. The van der Waals surface area contributed by atoms with Crippen LogP contribution in [0.4, 0.5) is 17.1 Å². The minimum absolute atomic E-state index is 0.0611. The van der Waals surface area contributed by atoms with Gasteiger partial charge < -0.3 is 14.4 Å². The summed E-state index contributed by atoms with van der Waals surface area (Å²) in [5.74, 6) is 2.71. The highest BCUT2D eigenvalue weighted by Gasteiger charge is 2.15. The molecule has 6 heteroatoms. The number of hydrogen-bond donors (Lipinski definition) is 0. The van der Waals surface area contributed by atoms with Crippen molar-refractivity contribution >= 4 is 22.6 Å². The zero-order valence-corrected chi connectivity index (χ0v) is 24.4. The molecule has 210 valence electrons. The second-order valence-corrected chi connectivity index (χ2v) is 9.94. The molecule has 0 radical (unpaired) electrons. The van der Waals surface area contributed by atoms with E-state index >= 15 is 0 Å². The Morgan fingerprint density at radius 3 is 1.27 bits per heavy atom. The molecule has 0 aliphatic heterocycles. The highest BCUT2D eigenvalue weighted by Crippen LogP contribution is 2.37. The van der Waals surface area contributed by atoms with Crippen LogP contribution in [0.3, 0.4) is 0 Å². The Morgan fingerprint density at radius 2 is 0.951 bits per heavy atom. The third-order valence-corrected chi connectivity index (χ3v) is 7.47. The summed E-state index contributed by atoms with van der Waals surface area (Å²) >= 11 is 0. The molecule has 0 saturated heterocycles. The van der Waals surface area contributed by atoms with E-state index in [1.807, 2.05) is 78.9 Å². The lowest BCUT2D eigenvalue weighted by atomic mass is 10.0. The van der Waals surface area contributed by atoms with Gasteiger partial charge in [0.05, 0.1) is 18.8 Å². The summed E-state index contributed by atoms with van der Waals surface area (Å²) in [7, 11) is 0. The van der Waals surface area contributed by atoms with E-state index in [4.69, 9.17) is 9.47 Å². The normalized spacial score (nSPS) is 10.4. The van der Waals surface area contributed by atoms with Gasteiger partial charge in [0.2, 0.25) is 0 Å². The van der Waals surface area contributed by atoms with Gasteiger partial charge in [0.25, 0.3) is 0 Å². The quantitative estimate of drug-likeness (QED) is 0.187. The summed E-state index contributed by atoms with van der Waals surface area (Å²) in [5.41, 5.74) is 3.10. The van der Waals surface area contributed by atoms with Crippen molar-refractivity contribution in [1.29, 1.82) is 15.8 Å². The van der Waals surface area contributed by atoms with Gasteiger partial charge in [0, 0.05) is 17.1 Å². The van der Waals surface area contributed by atoms with Crippen LogP contribution in [-0.2, 0) is 0 Å². The fraction of sp³-hybridized carbons (Fsp3) is 0.343. The van der Waals surface area contributed by atoms with Crippen LogP contribution in [0.15, 0.2) is 78.4 Å². The molecular formula is C35H38N4O2. The Labute approximate surface area is 244 Å². The van der Waals surface area contributed by atoms with Gasteiger partial charge >= 0.3 is 0 Å². The van der Waals surface area contributed by atoms with Crippen molar-refractivity contribution in [3.8, 4) is 29.7 Å². The van der Waals surface area contributed by atoms with Gasteiger partial charge in [-0.05, 0) is 78.1 Å². The molecule has 0 aromatic heterocycles. The number of ether oxygens (including phenoxy) is 2. The molecule has 0 aliphatic carbocycles. The van der Waals surface area contributed by atoms with Crippen molar-refractivity contribution in [3.05, 3.63) is 83.9 Å². The smallest absolute Gasteiger partial charge is 0.148 e. The summed E-state index contributed by atoms with van der Waals surface area (Å²) in [6.07, 6.45) is 4.34. The monoisotopic (exact) mass is 546 g/mol. The topological polar surface area (TPSA) is 93.1 Å². The van der Waals surface area contributed by atoms with E-state index in [2.05, 4.69) is 32.6 Å². The average molecular weight is 547 g/mol. The minimum atomic E-state index is -0.204. The second-order valence-electron chi connectivity index (χ2n) is 9.94. The van der Waals surface area contributed by atoms with Crippen LogP contribution in [0, 0.1) is 45.8 Å². The number of nitrogens with zero attached hydrogens (tertiary/aromatic N) is 4. The van der Waals surface area contributed by atoms with Crippen LogP contribution >= 0.6 is 0 Å².